The fourth-order valence-corrected chi connectivity index (χ4v) is 6.90. The fourth-order valence-electron chi connectivity index (χ4n) is 2.72. The summed E-state index contributed by atoms with van der Waals surface area (Å²) in [5.74, 6) is 0.541. The molecule has 0 radical (unpaired) electrons. The number of methoxy groups -OCH3 is 1. The van der Waals surface area contributed by atoms with Gasteiger partial charge < -0.3 is 4.74 Å². The van der Waals surface area contributed by atoms with Gasteiger partial charge in [-0.1, -0.05) is 23.2 Å². The molecule has 0 aliphatic carbocycles. The van der Waals surface area contributed by atoms with Gasteiger partial charge in [0, 0.05) is 18.1 Å². The van der Waals surface area contributed by atoms with Crippen LogP contribution in [0.15, 0.2) is 46.2 Å². The molecule has 27 heavy (non-hydrogen) atoms. The number of benzene rings is 2. The van der Waals surface area contributed by atoms with E-state index in [1.807, 2.05) is 0 Å². The number of rotatable bonds is 5. The lowest BCUT2D eigenvalue weighted by molar-refractivity contribution is 0.309. The molecule has 1 aliphatic rings. The molecule has 10 heteroatoms. The van der Waals surface area contributed by atoms with Gasteiger partial charge in [-0.05, 0) is 48.9 Å². The minimum absolute atomic E-state index is 0.00654. The first-order chi connectivity index (χ1) is 12.6. The molecule has 1 heterocycles. The number of ether oxygens (including phenoxy) is 1. The molecule has 1 fully saturated rings. The summed E-state index contributed by atoms with van der Waals surface area (Å²) in [4.78, 5) is 0.0529. The first-order valence-electron chi connectivity index (χ1n) is 7.91. The van der Waals surface area contributed by atoms with E-state index in [9.17, 15) is 16.8 Å². The Balaban J connectivity index is 1.81. The summed E-state index contributed by atoms with van der Waals surface area (Å²) in [5.41, 5.74) is 0.572. The van der Waals surface area contributed by atoms with Gasteiger partial charge in [0.2, 0.25) is 10.0 Å². The number of hydrogen-bond acceptors (Lipinski definition) is 5. The maximum absolute atomic E-state index is 12.8. The zero-order valence-electron chi connectivity index (χ0n) is 14.5. The zero-order chi connectivity index (χ0) is 20.0. The van der Waals surface area contributed by atoms with Crippen LogP contribution in [0.5, 0.6) is 5.75 Å². The summed E-state index contributed by atoms with van der Waals surface area (Å²) in [6.45, 7) is 1.41. The largest absolute Gasteiger partial charge is 0.497 e. The highest BCUT2D eigenvalue weighted by Gasteiger charge is 2.44. The van der Waals surface area contributed by atoms with Gasteiger partial charge in [0.05, 0.1) is 22.3 Å². The van der Waals surface area contributed by atoms with E-state index < -0.39 is 25.1 Å². The van der Waals surface area contributed by atoms with Gasteiger partial charge in [-0.2, -0.15) is 4.31 Å². The lowest BCUT2D eigenvalue weighted by Gasteiger charge is -2.37. The smallest absolute Gasteiger partial charge is 0.244 e. The minimum atomic E-state index is -3.90. The Morgan fingerprint density at radius 1 is 1.00 bits per heavy atom. The molecule has 3 rings (SSSR count). The Labute approximate surface area is 168 Å². The molecule has 6 nitrogen and oxygen atoms in total. The van der Waals surface area contributed by atoms with Crippen LogP contribution in [0.1, 0.15) is 5.56 Å². The maximum atomic E-state index is 12.8. The standard InChI is InChI=1S/C17H17Cl2NO5S2/c1-11-7-17(16(19)8-15(11)18)27(23,24)20-9-14(10-20)26(21,22)13-5-3-12(25-2)4-6-13/h3-8,14H,9-10H2,1-2H3. The molecule has 0 bridgehead atoms. The Morgan fingerprint density at radius 3 is 2.15 bits per heavy atom. The lowest BCUT2D eigenvalue weighted by atomic mass is 10.2. The molecular formula is C17H17Cl2NO5S2. The highest BCUT2D eigenvalue weighted by atomic mass is 35.5. The molecule has 0 atom stereocenters. The van der Waals surface area contributed by atoms with Crippen molar-refractivity contribution in [1.82, 2.24) is 4.31 Å². The second-order valence-corrected chi connectivity index (χ2v) is 11.1. The van der Waals surface area contributed by atoms with Crippen molar-refractivity contribution in [3.05, 3.63) is 52.0 Å². The first-order valence-corrected chi connectivity index (χ1v) is 11.7. The highest BCUT2D eigenvalue weighted by Crippen LogP contribution is 2.34. The zero-order valence-corrected chi connectivity index (χ0v) is 17.7. The van der Waals surface area contributed by atoms with Crippen molar-refractivity contribution in [3.8, 4) is 5.75 Å². The van der Waals surface area contributed by atoms with Gasteiger partial charge >= 0.3 is 0 Å². The number of aryl methyl sites for hydroxylation is 1. The van der Waals surface area contributed by atoms with Crippen LogP contribution in [-0.4, -0.2) is 46.6 Å². The monoisotopic (exact) mass is 449 g/mol. The van der Waals surface area contributed by atoms with E-state index in [0.29, 0.717) is 16.3 Å². The third-order valence-electron chi connectivity index (χ3n) is 4.47. The molecule has 2 aromatic carbocycles. The topological polar surface area (TPSA) is 80.8 Å². The van der Waals surface area contributed by atoms with Crippen molar-refractivity contribution < 1.29 is 21.6 Å². The van der Waals surface area contributed by atoms with Crippen LogP contribution in [0.4, 0.5) is 0 Å². The molecule has 0 unspecified atom stereocenters. The number of halogens is 2. The normalized spacial score (nSPS) is 16.1. The molecule has 0 aromatic heterocycles. The van der Waals surface area contributed by atoms with E-state index in [1.165, 1.54) is 31.4 Å². The molecule has 0 N–H and O–H groups in total. The van der Waals surface area contributed by atoms with Crippen LogP contribution in [0.2, 0.25) is 10.0 Å². The minimum Gasteiger partial charge on any atom is -0.497 e. The molecule has 0 spiro atoms. The van der Waals surface area contributed by atoms with E-state index in [-0.39, 0.29) is 27.9 Å². The summed E-state index contributed by atoms with van der Waals surface area (Å²) in [5, 5.41) is -0.442. The Morgan fingerprint density at radius 2 is 1.59 bits per heavy atom. The lowest BCUT2D eigenvalue weighted by Crippen LogP contribution is -2.56. The Kier molecular flexibility index (Phi) is 5.48. The van der Waals surface area contributed by atoms with Crippen molar-refractivity contribution in [2.24, 2.45) is 0 Å². The average Bonchev–Trinajstić information content (AvgIpc) is 2.56. The van der Waals surface area contributed by atoms with Gasteiger partial charge in [0.25, 0.3) is 0 Å². The third-order valence-corrected chi connectivity index (χ3v) is 9.28. The second kappa shape index (κ2) is 7.25. The molecular weight excluding hydrogens is 433 g/mol. The van der Waals surface area contributed by atoms with Crippen LogP contribution in [-0.2, 0) is 19.9 Å². The highest BCUT2D eigenvalue weighted by molar-refractivity contribution is 7.92. The van der Waals surface area contributed by atoms with E-state index in [2.05, 4.69) is 0 Å². The van der Waals surface area contributed by atoms with Crippen LogP contribution < -0.4 is 4.74 Å². The first kappa shape index (κ1) is 20.4. The number of sulfone groups is 1. The van der Waals surface area contributed by atoms with E-state index in [0.717, 1.165) is 4.31 Å². The van der Waals surface area contributed by atoms with Gasteiger partial charge in [-0.15, -0.1) is 0 Å². The van der Waals surface area contributed by atoms with Crippen LogP contribution in [0.3, 0.4) is 0 Å². The molecule has 1 aliphatic heterocycles. The summed E-state index contributed by atoms with van der Waals surface area (Å²) < 4.78 is 57.0. The van der Waals surface area contributed by atoms with Crippen LogP contribution in [0, 0.1) is 6.92 Å². The van der Waals surface area contributed by atoms with E-state index in [1.54, 1.807) is 19.1 Å². The molecule has 0 saturated carbocycles. The molecule has 0 amide bonds. The van der Waals surface area contributed by atoms with Gasteiger partial charge in [0.1, 0.15) is 10.6 Å². The van der Waals surface area contributed by atoms with E-state index in [4.69, 9.17) is 27.9 Å². The SMILES string of the molecule is COc1ccc(S(=O)(=O)C2CN(S(=O)(=O)c3cc(C)c(Cl)cc3Cl)C2)cc1. The van der Waals surface area contributed by atoms with Crippen LogP contribution >= 0.6 is 23.2 Å². The Bertz CT molecular complexity index is 1080. The predicted molar refractivity (Wildman–Crippen MR) is 104 cm³/mol. The summed E-state index contributed by atoms with van der Waals surface area (Å²) in [7, 11) is -6.06. The molecule has 1 saturated heterocycles. The van der Waals surface area contributed by atoms with Gasteiger partial charge in [0.15, 0.2) is 9.84 Å². The predicted octanol–water partition coefficient (Wildman–Crippen LogP) is 3.16. The van der Waals surface area contributed by atoms with Gasteiger partial charge in [-0.25, -0.2) is 16.8 Å². The number of sulfonamides is 1. The van der Waals surface area contributed by atoms with Gasteiger partial charge in [-0.3, -0.25) is 0 Å². The summed E-state index contributed by atoms with van der Waals surface area (Å²) in [6.07, 6.45) is 0. The Hall–Kier alpha value is -1.32. The van der Waals surface area contributed by atoms with Crippen molar-refractivity contribution in [1.29, 1.82) is 0 Å². The van der Waals surface area contributed by atoms with E-state index >= 15 is 0 Å². The number of hydrogen-bond donors (Lipinski definition) is 0. The molecule has 146 valence electrons. The van der Waals surface area contributed by atoms with Crippen molar-refractivity contribution in [2.75, 3.05) is 20.2 Å². The summed E-state index contributed by atoms with van der Waals surface area (Å²) in [6, 6.07) is 8.77. The average molecular weight is 450 g/mol. The fraction of sp³-hybridized carbons (Fsp3) is 0.294. The van der Waals surface area contributed by atoms with Crippen LogP contribution in [0.25, 0.3) is 0 Å². The van der Waals surface area contributed by atoms with Crippen molar-refractivity contribution >= 4 is 43.1 Å². The maximum Gasteiger partial charge on any atom is 0.244 e. The number of nitrogens with zero attached hydrogens (tertiary/aromatic N) is 1. The van der Waals surface area contributed by atoms with Crippen molar-refractivity contribution in [3.63, 3.8) is 0 Å². The molecule has 2 aromatic rings. The second-order valence-electron chi connectivity index (χ2n) is 6.20. The summed E-state index contributed by atoms with van der Waals surface area (Å²) >= 11 is 12.0. The third kappa shape index (κ3) is 3.69. The van der Waals surface area contributed by atoms with Crippen molar-refractivity contribution in [2.45, 2.75) is 22.0 Å². The quantitative estimate of drug-likeness (QED) is 0.699.